The number of carbonyl (C=O) groups is 4. The number of ketones is 2. The third kappa shape index (κ3) is 14.6. The number of cyclic esters (lactones) is 1. The van der Waals surface area contributed by atoms with Crippen molar-refractivity contribution in [2.75, 3.05) is 34.5 Å². The number of allylic oxidation sites excluding steroid dienone is 3. The van der Waals surface area contributed by atoms with Gasteiger partial charge < -0.3 is 48.0 Å². The van der Waals surface area contributed by atoms with E-state index in [0.717, 1.165) is 23.1 Å². The van der Waals surface area contributed by atoms with Gasteiger partial charge >= 0.3 is 5.97 Å². The molecule has 4 aliphatic rings. The number of piperidine rings is 1. The molecule has 1 aliphatic carbocycles. The highest BCUT2D eigenvalue weighted by molar-refractivity contribution is 6.74. The number of nitrogens with zero attached hydrogens (tertiary/aromatic N) is 1. The zero-order valence-corrected chi connectivity index (χ0v) is 47.1. The summed E-state index contributed by atoms with van der Waals surface area (Å²) in [6.07, 6.45) is 4.84. The van der Waals surface area contributed by atoms with Crippen molar-refractivity contribution in [2.45, 2.75) is 212 Å². The van der Waals surface area contributed by atoms with E-state index in [1.807, 2.05) is 58.0 Å². The molecular weight excluding hydrogens is 935 g/mol. The highest BCUT2D eigenvalue weighted by atomic mass is 28.4. The van der Waals surface area contributed by atoms with E-state index < -0.39 is 86.3 Å². The van der Waals surface area contributed by atoms with Crippen LogP contribution >= 0.6 is 0 Å². The van der Waals surface area contributed by atoms with Gasteiger partial charge in [0.2, 0.25) is 5.79 Å². The number of methoxy groups -OCH3 is 3. The first-order valence-corrected chi connectivity index (χ1v) is 29.7. The van der Waals surface area contributed by atoms with Crippen LogP contribution in [0.15, 0.2) is 53.6 Å². The minimum atomic E-state index is -2.56. The lowest BCUT2D eigenvalue weighted by atomic mass is 9.81. The monoisotopic (exact) mass is 1030 g/mol. The number of aliphatic hydroxyl groups is 2. The molecule has 0 aromatic heterocycles. The number of hydrogen-bond donors (Lipinski definition) is 2. The van der Waals surface area contributed by atoms with Crippen molar-refractivity contribution < 1.29 is 62.2 Å². The largest absolute Gasteiger partial charge is 0.456 e. The molecule has 15 atom stereocenters. The first-order valence-electron chi connectivity index (χ1n) is 26.8. The fourth-order valence-corrected chi connectivity index (χ4v) is 12.6. The number of Topliss-reactive ketones (excluding diaryl/α,β-unsaturated/α-hetero) is 2. The lowest BCUT2D eigenvalue weighted by molar-refractivity contribution is -0.302. The lowest BCUT2D eigenvalue weighted by Crippen LogP contribution is -2.64. The molecule has 5 rings (SSSR count). The molecule has 1 amide bonds. The van der Waals surface area contributed by atoms with Crippen molar-refractivity contribution >= 4 is 31.8 Å². The molecule has 3 heterocycles. The van der Waals surface area contributed by atoms with Crippen LogP contribution in [-0.2, 0) is 52.0 Å². The van der Waals surface area contributed by atoms with Gasteiger partial charge in [0.05, 0.1) is 37.1 Å². The Morgan fingerprint density at radius 1 is 0.889 bits per heavy atom. The minimum Gasteiger partial charge on any atom is -0.456 e. The van der Waals surface area contributed by atoms with Crippen LogP contribution in [0.4, 0.5) is 0 Å². The van der Waals surface area contributed by atoms with Crippen molar-refractivity contribution in [1.82, 2.24) is 4.90 Å². The Labute approximate surface area is 432 Å². The number of amides is 1. The average Bonchev–Trinajstić information content (AvgIpc) is 3.35. The molecule has 15 unspecified atom stereocenters. The summed E-state index contributed by atoms with van der Waals surface area (Å²) in [7, 11) is 2.22. The first-order chi connectivity index (χ1) is 33.9. The van der Waals surface area contributed by atoms with E-state index in [-0.39, 0.29) is 73.2 Å². The molecule has 72 heavy (non-hydrogen) atoms. The average molecular weight is 1030 g/mol. The molecular formula is C57H91NO13Si. The van der Waals surface area contributed by atoms with Gasteiger partial charge in [0, 0.05) is 52.0 Å². The van der Waals surface area contributed by atoms with E-state index in [4.69, 9.17) is 32.8 Å². The third-order valence-electron chi connectivity index (χ3n) is 16.7. The molecule has 15 heteroatoms. The molecule has 2 saturated heterocycles. The van der Waals surface area contributed by atoms with Crippen LogP contribution in [0.3, 0.4) is 0 Å². The van der Waals surface area contributed by atoms with Crippen molar-refractivity contribution in [2.24, 2.45) is 29.6 Å². The number of ether oxygens (including phenoxy) is 6. The molecule has 2 bridgehead atoms. The fourth-order valence-electron chi connectivity index (χ4n) is 11.2. The van der Waals surface area contributed by atoms with E-state index in [2.05, 4.69) is 52.9 Å². The molecule has 3 fully saturated rings. The van der Waals surface area contributed by atoms with E-state index >= 15 is 0 Å². The summed E-state index contributed by atoms with van der Waals surface area (Å²) < 4.78 is 44.6. The summed E-state index contributed by atoms with van der Waals surface area (Å²) in [4.78, 5) is 60.2. The predicted octanol–water partition coefficient (Wildman–Crippen LogP) is 9.26. The summed E-state index contributed by atoms with van der Waals surface area (Å²) >= 11 is 0. The highest BCUT2D eigenvalue weighted by Gasteiger charge is 2.57. The molecule has 3 aliphatic heterocycles. The molecule has 1 aromatic carbocycles. The SMILES string of the molecule is CCC1C=C(C)CC(C)CC(OC)C2OC(O)(C(=O)C(=O)N3CCCCC3C(=O)OC(C(C)=CC3CCC(OCC(O)c4ccccc4)C(OC)C3)C(C)C(O[Si](C)(C)C(C)(C)C)CC1=O)C(C)CC2OC. The van der Waals surface area contributed by atoms with Crippen LogP contribution in [0, 0.1) is 29.6 Å². The molecule has 0 spiro atoms. The maximum Gasteiger partial charge on any atom is 0.329 e. The van der Waals surface area contributed by atoms with Crippen LogP contribution in [0.5, 0.6) is 0 Å². The van der Waals surface area contributed by atoms with Gasteiger partial charge in [-0.05, 0) is 119 Å². The number of hydrogen-bond acceptors (Lipinski definition) is 13. The number of aliphatic hydroxyl groups excluding tert-OH is 1. The van der Waals surface area contributed by atoms with Crippen molar-refractivity contribution in [3.8, 4) is 0 Å². The summed E-state index contributed by atoms with van der Waals surface area (Å²) in [6.45, 7) is 22.8. The van der Waals surface area contributed by atoms with E-state index in [9.17, 15) is 29.4 Å². The van der Waals surface area contributed by atoms with E-state index in [1.165, 1.54) is 4.90 Å². The van der Waals surface area contributed by atoms with E-state index in [0.29, 0.717) is 44.9 Å². The summed E-state index contributed by atoms with van der Waals surface area (Å²) in [5, 5.41) is 22.9. The molecule has 14 nitrogen and oxygen atoms in total. The van der Waals surface area contributed by atoms with Gasteiger partial charge in [-0.3, -0.25) is 14.4 Å². The maximum atomic E-state index is 15.0. The van der Waals surface area contributed by atoms with Crippen molar-refractivity contribution in [3.63, 3.8) is 0 Å². The second-order valence-corrected chi connectivity index (χ2v) is 28.0. The zero-order valence-electron chi connectivity index (χ0n) is 46.1. The Morgan fingerprint density at radius 3 is 2.17 bits per heavy atom. The Hall–Kier alpha value is -3.12. The van der Waals surface area contributed by atoms with E-state index in [1.54, 1.807) is 28.3 Å². The van der Waals surface area contributed by atoms with Gasteiger partial charge in [0.1, 0.15) is 30.1 Å². The standard InChI is InChI=1S/C57H91NO13Si/c1-15-41-28-35(2)27-36(3)29-49(66-11)52-50(67-12)31-38(5)57(64,70-52)53(61)54(62)58-26-20-19-23-43(58)55(63)69-51(39(6)47(33-44(41)59)71-72(13,14)56(7,8)9)37(4)30-40-24-25-46(48(32-40)65-10)68-34-45(60)42-21-17-16-18-22-42/h16-18,21-22,28,30,36,38-41,43,45-52,60,64H,15,19-20,23-27,29,31-34H2,1-14H3. The quantitative estimate of drug-likeness (QED) is 0.0878. The maximum absolute atomic E-state index is 15.0. The molecule has 0 radical (unpaired) electrons. The van der Waals surface area contributed by atoms with Gasteiger partial charge in [-0.2, -0.15) is 0 Å². The highest BCUT2D eigenvalue weighted by Crippen LogP contribution is 2.42. The topological polar surface area (TPSA) is 177 Å². The Kier molecular flexibility index (Phi) is 21.6. The normalized spacial score (nSPS) is 35.2. The van der Waals surface area contributed by atoms with Gasteiger partial charge in [-0.1, -0.05) is 96.5 Å². The number of fused-ring (bicyclic) bond motifs is 3. The van der Waals surface area contributed by atoms with Gasteiger partial charge in [0.15, 0.2) is 8.32 Å². The molecule has 2 N–H and O–H groups in total. The zero-order chi connectivity index (χ0) is 53.3. The Balaban J connectivity index is 1.57. The van der Waals surface area contributed by atoms with Crippen molar-refractivity contribution in [1.29, 1.82) is 0 Å². The van der Waals surface area contributed by atoms with Gasteiger partial charge in [-0.15, -0.1) is 0 Å². The number of esters is 1. The summed E-state index contributed by atoms with van der Waals surface area (Å²) in [5.74, 6) is -6.99. The van der Waals surface area contributed by atoms with Crippen LogP contribution in [0.2, 0.25) is 18.1 Å². The van der Waals surface area contributed by atoms with Crippen LogP contribution < -0.4 is 0 Å². The van der Waals surface area contributed by atoms with Crippen LogP contribution in [-0.4, -0.2) is 136 Å². The predicted molar refractivity (Wildman–Crippen MR) is 279 cm³/mol. The third-order valence-corrected chi connectivity index (χ3v) is 21.2. The second-order valence-electron chi connectivity index (χ2n) is 23.2. The number of rotatable bonds is 12. The Morgan fingerprint density at radius 2 is 1.54 bits per heavy atom. The van der Waals surface area contributed by atoms with Crippen LogP contribution in [0.25, 0.3) is 0 Å². The van der Waals surface area contributed by atoms with Gasteiger partial charge in [0.25, 0.3) is 11.7 Å². The van der Waals surface area contributed by atoms with Crippen LogP contribution in [0.1, 0.15) is 145 Å². The number of benzene rings is 1. The smallest absolute Gasteiger partial charge is 0.329 e. The summed E-state index contributed by atoms with van der Waals surface area (Å²) in [6, 6.07) is 8.31. The first kappa shape index (κ1) is 59.7. The second kappa shape index (κ2) is 26.1. The molecule has 1 aromatic rings. The summed E-state index contributed by atoms with van der Waals surface area (Å²) in [5.41, 5.74) is 2.60. The number of carbonyl (C=O) groups excluding carboxylic acids is 4. The molecule has 406 valence electrons. The fraction of sp³-hybridized carbons (Fsp3) is 0.754. The lowest BCUT2D eigenvalue weighted by Gasteiger charge is -2.47. The van der Waals surface area contributed by atoms with Gasteiger partial charge in [-0.25, -0.2) is 4.79 Å². The molecule has 1 saturated carbocycles. The minimum absolute atomic E-state index is 0.00843. The Bertz CT molecular complexity index is 2020. The van der Waals surface area contributed by atoms with Crippen molar-refractivity contribution in [3.05, 3.63) is 59.2 Å².